The highest BCUT2D eigenvalue weighted by Crippen LogP contribution is 2.30. The molecule has 0 spiro atoms. The fourth-order valence-corrected chi connectivity index (χ4v) is 2.45. The van der Waals surface area contributed by atoms with Gasteiger partial charge in [-0.05, 0) is 12.1 Å². The van der Waals surface area contributed by atoms with E-state index in [2.05, 4.69) is 45.2 Å². The Balaban J connectivity index is 2.07. The molecule has 0 fully saturated rings. The molecule has 0 amide bonds. The molecule has 5 heteroatoms. The minimum atomic E-state index is 0.849. The molecular weight excluding hydrogens is 252 g/mol. The predicted octanol–water partition coefficient (Wildman–Crippen LogP) is 2.10. The maximum absolute atomic E-state index is 4.95. The quantitative estimate of drug-likeness (QED) is 0.857. The van der Waals surface area contributed by atoms with Crippen LogP contribution in [0.4, 0.5) is 5.69 Å². The summed E-state index contributed by atoms with van der Waals surface area (Å²) in [7, 11) is 6.14. The van der Waals surface area contributed by atoms with Crippen LogP contribution in [0.5, 0.6) is 0 Å². The highest BCUT2D eigenvalue weighted by Gasteiger charge is 2.17. The van der Waals surface area contributed by atoms with E-state index < -0.39 is 0 Å². The molecule has 0 atom stereocenters. The van der Waals surface area contributed by atoms with Gasteiger partial charge in [0, 0.05) is 50.6 Å². The van der Waals surface area contributed by atoms with Crippen molar-refractivity contribution in [1.29, 1.82) is 0 Å². The van der Waals surface area contributed by atoms with Crippen molar-refractivity contribution >= 4 is 11.5 Å². The summed E-state index contributed by atoms with van der Waals surface area (Å²) in [6, 6.07) is 8.21. The van der Waals surface area contributed by atoms with Crippen LogP contribution >= 0.6 is 0 Å². The molecule has 1 aromatic heterocycles. The molecule has 2 aromatic rings. The monoisotopic (exact) mass is 270 g/mol. The third-order valence-electron chi connectivity index (χ3n) is 3.51. The van der Waals surface area contributed by atoms with E-state index in [9.17, 15) is 0 Å². The fourth-order valence-electron chi connectivity index (χ4n) is 2.45. The zero-order valence-corrected chi connectivity index (χ0v) is 12.0. The topological polar surface area (TPSA) is 44.9 Å². The number of amidine groups is 1. The second kappa shape index (κ2) is 5.00. The van der Waals surface area contributed by atoms with Crippen molar-refractivity contribution in [3.05, 3.63) is 36.1 Å². The minimum Gasteiger partial charge on any atom is -0.377 e. The van der Waals surface area contributed by atoms with Gasteiger partial charge in [-0.2, -0.15) is 0 Å². The molecule has 20 heavy (non-hydrogen) atoms. The van der Waals surface area contributed by atoms with Crippen molar-refractivity contribution in [1.82, 2.24) is 10.1 Å². The van der Waals surface area contributed by atoms with E-state index in [0.29, 0.717) is 0 Å². The molecule has 1 aliphatic heterocycles. The van der Waals surface area contributed by atoms with E-state index in [-0.39, 0.29) is 0 Å². The number of aliphatic imine (C=N–C) groups is 1. The molecule has 0 N–H and O–H groups in total. The van der Waals surface area contributed by atoms with E-state index in [4.69, 9.17) is 4.52 Å². The molecule has 0 saturated heterocycles. The first-order chi connectivity index (χ1) is 9.66. The highest BCUT2D eigenvalue weighted by molar-refractivity contribution is 6.01. The Hall–Kier alpha value is -2.30. The summed E-state index contributed by atoms with van der Waals surface area (Å²) in [5.74, 6) is 1.06. The van der Waals surface area contributed by atoms with Gasteiger partial charge in [-0.3, -0.25) is 4.99 Å². The molecule has 104 valence electrons. The Morgan fingerprint density at radius 1 is 1.25 bits per heavy atom. The highest BCUT2D eigenvalue weighted by atomic mass is 16.5. The van der Waals surface area contributed by atoms with Gasteiger partial charge in [-0.25, -0.2) is 0 Å². The van der Waals surface area contributed by atoms with Gasteiger partial charge >= 0.3 is 0 Å². The molecular formula is C15H18N4O. The normalized spacial score (nSPS) is 14.6. The van der Waals surface area contributed by atoms with Gasteiger partial charge < -0.3 is 14.3 Å². The summed E-state index contributed by atoms with van der Waals surface area (Å²) >= 11 is 0. The number of likely N-dealkylation sites (N-methyl/N-ethyl adjacent to an activating group) is 1. The summed E-state index contributed by atoms with van der Waals surface area (Å²) in [5, 5.41) is 4.03. The summed E-state index contributed by atoms with van der Waals surface area (Å²) in [6.07, 6.45) is 1.59. The smallest absolute Gasteiger partial charge is 0.130 e. The molecule has 5 nitrogen and oxygen atoms in total. The van der Waals surface area contributed by atoms with Gasteiger partial charge in [0.15, 0.2) is 0 Å². The maximum atomic E-state index is 4.95. The summed E-state index contributed by atoms with van der Waals surface area (Å²) in [4.78, 5) is 8.84. The van der Waals surface area contributed by atoms with Gasteiger partial charge in [0.05, 0.1) is 6.54 Å². The standard InChI is InChI=1S/C15H18N4O/c1-18(2)14-10-11(15-16-7-8-19(15)3)4-5-12(14)13-6-9-20-17-13/h4-6,9-10H,7-8H2,1-3H3. The second-order valence-electron chi connectivity index (χ2n) is 5.14. The first-order valence-corrected chi connectivity index (χ1v) is 6.65. The molecule has 0 bridgehead atoms. The lowest BCUT2D eigenvalue weighted by Gasteiger charge is -2.20. The van der Waals surface area contributed by atoms with Crippen LogP contribution in [0.15, 0.2) is 40.0 Å². The fraction of sp³-hybridized carbons (Fsp3) is 0.333. The lowest BCUT2D eigenvalue weighted by atomic mass is 10.0. The van der Waals surface area contributed by atoms with Crippen LogP contribution in [0.3, 0.4) is 0 Å². The van der Waals surface area contributed by atoms with E-state index in [1.165, 1.54) is 0 Å². The Morgan fingerprint density at radius 3 is 2.70 bits per heavy atom. The number of rotatable bonds is 3. The summed E-state index contributed by atoms with van der Waals surface area (Å²) in [5.41, 5.74) is 4.16. The van der Waals surface area contributed by atoms with Crippen LogP contribution in [0, 0.1) is 0 Å². The van der Waals surface area contributed by atoms with Gasteiger partial charge in [-0.15, -0.1) is 0 Å². The van der Waals surface area contributed by atoms with E-state index in [0.717, 1.165) is 41.4 Å². The lowest BCUT2D eigenvalue weighted by molar-refractivity contribution is 0.422. The Labute approximate surface area is 118 Å². The van der Waals surface area contributed by atoms with Crippen LogP contribution in [-0.4, -0.2) is 50.1 Å². The van der Waals surface area contributed by atoms with Crippen molar-refractivity contribution in [3.8, 4) is 11.3 Å². The largest absolute Gasteiger partial charge is 0.377 e. The van der Waals surface area contributed by atoms with Crippen LogP contribution in [0.25, 0.3) is 11.3 Å². The van der Waals surface area contributed by atoms with Crippen molar-refractivity contribution in [2.75, 3.05) is 39.1 Å². The molecule has 0 radical (unpaired) electrons. The van der Waals surface area contributed by atoms with Crippen molar-refractivity contribution in [2.24, 2.45) is 4.99 Å². The van der Waals surface area contributed by atoms with Crippen molar-refractivity contribution in [2.45, 2.75) is 0 Å². The zero-order chi connectivity index (χ0) is 14.1. The number of hydrogen-bond acceptors (Lipinski definition) is 5. The van der Waals surface area contributed by atoms with E-state index in [1.807, 2.05) is 20.2 Å². The van der Waals surface area contributed by atoms with E-state index >= 15 is 0 Å². The van der Waals surface area contributed by atoms with Gasteiger partial charge in [0.2, 0.25) is 0 Å². The SMILES string of the molecule is CN1CCN=C1c1ccc(-c2ccon2)c(N(C)C)c1. The maximum Gasteiger partial charge on any atom is 0.130 e. The van der Waals surface area contributed by atoms with Crippen LogP contribution < -0.4 is 4.90 Å². The number of hydrogen-bond donors (Lipinski definition) is 0. The zero-order valence-electron chi connectivity index (χ0n) is 12.0. The average molecular weight is 270 g/mol. The molecule has 1 aliphatic rings. The molecule has 0 unspecified atom stereocenters. The number of nitrogens with zero attached hydrogens (tertiary/aromatic N) is 4. The summed E-state index contributed by atoms with van der Waals surface area (Å²) in [6.45, 7) is 1.85. The molecule has 3 rings (SSSR count). The number of anilines is 1. The summed E-state index contributed by atoms with van der Waals surface area (Å²) < 4.78 is 4.95. The molecule has 0 saturated carbocycles. The van der Waals surface area contributed by atoms with E-state index in [1.54, 1.807) is 6.26 Å². The predicted molar refractivity (Wildman–Crippen MR) is 80.3 cm³/mol. The average Bonchev–Trinajstić information content (AvgIpc) is 3.09. The van der Waals surface area contributed by atoms with Gasteiger partial charge in [0.1, 0.15) is 17.8 Å². The van der Waals surface area contributed by atoms with Crippen molar-refractivity contribution in [3.63, 3.8) is 0 Å². The minimum absolute atomic E-state index is 0.849. The van der Waals surface area contributed by atoms with Crippen molar-refractivity contribution < 1.29 is 4.52 Å². The Kier molecular flexibility index (Phi) is 3.18. The van der Waals surface area contributed by atoms with Gasteiger partial charge in [0.25, 0.3) is 0 Å². The van der Waals surface area contributed by atoms with Gasteiger partial charge in [-0.1, -0.05) is 11.2 Å². The van der Waals surface area contributed by atoms with Crippen LogP contribution in [0.2, 0.25) is 0 Å². The molecule has 2 heterocycles. The Morgan fingerprint density at radius 2 is 2.10 bits per heavy atom. The number of aromatic nitrogens is 1. The Bertz CT molecular complexity index is 631. The number of benzene rings is 1. The molecule has 1 aromatic carbocycles. The first kappa shape index (κ1) is 12.7. The third kappa shape index (κ3) is 2.15. The first-order valence-electron chi connectivity index (χ1n) is 6.65. The van der Waals surface area contributed by atoms with Crippen LogP contribution in [-0.2, 0) is 0 Å². The molecule has 0 aliphatic carbocycles. The lowest BCUT2D eigenvalue weighted by Crippen LogP contribution is -2.23. The third-order valence-corrected chi connectivity index (χ3v) is 3.51. The van der Waals surface area contributed by atoms with Crippen LogP contribution in [0.1, 0.15) is 5.56 Å². The second-order valence-corrected chi connectivity index (χ2v) is 5.14.